The largest absolute Gasteiger partial charge is 0.351 e. The fraction of sp³-hybridized carbons (Fsp3) is 0.909. The van der Waals surface area contributed by atoms with E-state index in [1.165, 1.54) is 6.42 Å². The molecule has 2 N–H and O–H groups in total. The smallest absolute Gasteiger partial charge is 0.224 e. The molecule has 0 aromatic heterocycles. The Morgan fingerprint density at radius 2 is 2.21 bits per heavy atom. The normalized spacial score (nSPS) is 36.1. The molecule has 1 spiro atoms. The highest BCUT2D eigenvalue weighted by Crippen LogP contribution is 2.56. The van der Waals surface area contributed by atoms with Gasteiger partial charge in [-0.25, -0.2) is 0 Å². The lowest BCUT2D eigenvalue weighted by Gasteiger charge is -2.21. The number of carbonyl (C=O) groups is 1. The first-order chi connectivity index (χ1) is 6.43. The summed E-state index contributed by atoms with van der Waals surface area (Å²) in [5.41, 5.74) is 0.238. The summed E-state index contributed by atoms with van der Waals surface area (Å²) in [4.78, 5) is 11.8. The van der Waals surface area contributed by atoms with Crippen molar-refractivity contribution in [2.24, 2.45) is 11.3 Å². The van der Waals surface area contributed by atoms with Crippen molar-refractivity contribution in [3.63, 3.8) is 0 Å². The van der Waals surface area contributed by atoms with Crippen LogP contribution < -0.4 is 10.6 Å². The summed E-state index contributed by atoms with van der Waals surface area (Å²) in [6, 6.07) is 0. The van der Waals surface area contributed by atoms with E-state index >= 15 is 0 Å². The minimum atomic E-state index is -0.0904. The number of rotatable bonds is 1. The molecule has 2 unspecified atom stereocenters. The van der Waals surface area contributed by atoms with Gasteiger partial charge in [-0.15, -0.1) is 0 Å². The minimum Gasteiger partial charge on any atom is -0.351 e. The first kappa shape index (κ1) is 9.97. The molecule has 2 aliphatic rings. The average Bonchev–Trinajstić information content (AvgIpc) is 2.47. The van der Waals surface area contributed by atoms with Crippen molar-refractivity contribution < 1.29 is 4.79 Å². The Labute approximate surface area is 85.6 Å². The van der Waals surface area contributed by atoms with E-state index in [0.717, 1.165) is 19.5 Å². The average molecular weight is 196 g/mol. The molecule has 3 heteroatoms. The number of hydrogen-bond acceptors (Lipinski definition) is 2. The summed E-state index contributed by atoms with van der Waals surface area (Å²) in [6.45, 7) is 8.22. The highest BCUT2D eigenvalue weighted by Gasteiger charge is 2.59. The Morgan fingerprint density at radius 3 is 2.71 bits per heavy atom. The van der Waals surface area contributed by atoms with Gasteiger partial charge < -0.3 is 10.6 Å². The predicted molar refractivity (Wildman–Crippen MR) is 55.9 cm³/mol. The molecule has 14 heavy (non-hydrogen) atoms. The SMILES string of the molecule is CC(C)(C)NC(=O)C1CC12CCNC2. The Morgan fingerprint density at radius 1 is 1.50 bits per heavy atom. The van der Waals surface area contributed by atoms with Crippen molar-refractivity contribution in [2.45, 2.75) is 39.2 Å². The van der Waals surface area contributed by atoms with Gasteiger partial charge in [0.25, 0.3) is 0 Å². The van der Waals surface area contributed by atoms with Gasteiger partial charge in [-0.3, -0.25) is 4.79 Å². The Hall–Kier alpha value is -0.570. The molecule has 2 fully saturated rings. The quantitative estimate of drug-likeness (QED) is 0.654. The summed E-state index contributed by atoms with van der Waals surface area (Å²) in [5.74, 6) is 0.526. The number of nitrogens with one attached hydrogen (secondary N) is 2. The highest BCUT2D eigenvalue weighted by atomic mass is 16.2. The second-order valence-electron chi connectivity index (χ2n) is 5.79. The monoisotopic (exact) mass is 196 g/mol. The van der Waals surface area contributed by atoms with Crippen LogP contribution in [-0.4, -0.2) is 24.5 Å². The van der Waals surface area contributed by atoms with E-state index in [9.17, 15) is 4.79 Å². The zero-order chi connectivity index (χ0) is 10.4. The fourth-order valence-electron chi connectivity index (χ4n) is 2.41. The third kappa shape index (κ3) is 1.78. The molecule has 0 aromatic rings. The van der Waals surface area contributed by atoms with Gasteiger partial charge in [-0.1, -0.05) is 0 Å². The lowest BCUT2D eigenvalue weighted by Crippen LogP contribution is -2.42. The molecule has 1 saturated heterocycles. The molecule has 1 amide bonds. The standard InChI is InChI=1S/C11H20N2O/c1-10(2,3)13-9(14)8-6-11(8)4-5-12-7-11/h8,12H,4-7H2,1-3H3,(H,13,14). The van der Waals surface area contributed by atoms with E-state index in [2.05, 4.69) is 10.6 Å². The third-order valence-corrected chi connectivity index (χ3v) is 3.28. The molecule has 0 bridgehead atoms. The lowest BCUT2D eigenvalue weighted by atomic mass is 10.0. The maximum Gasteiger partial charge on any atom is 0.224 e. The van der Waals surface area contributed by atoms with Crippen LogP contribution in [-0.2, 0) is 4.79 Å². The molecule has 1 aliphatic heterocycles. The van der Waals surface area contributed by atoms with Crippen LogP contribution in [0.3, 0.4) is 0 Å². The van der Waals surface area contributed by atoms with E-state index in [1.54, 1.807) is 0 Å². The second-order valence-corrected chi connectivity index (χ2v) is 5.79. The molecule has 1 saturated carbocycles. The van der Waals surface area contributed by atoms with Crippen LogP contribution in [0, 0.1) is 11.3 Å². The summed E-state index contributed by atoms with van der Waals surface area (Å²) >= 11 is 0. The molecular weight excluding hydrogens is 176 g/mol. The van der Waals surface area contributed by atoms with Crippen molar-refractivity contribution in [3.05, 3.63) is 0 Å². The van der Waals surface area contributed by atoms with Gasteiger partial charge in [-0.2, -0.15) is 0 Å². The summed E-state index contributed by atoms with van der Waals surface area (Å²) in [5, 5.41) is 6.41. The van der Waals surface area contributed by atoms with Gasteiger partial charge in [0.1, 0.15) is 0 Å². The second kappa shape index (κ2) is 2.96. The zero-order valence-electron chi connectivity index (χ0n) is 9.31. The first-order valence-electron chi connectivity index (χ1n) is 5.46. The van der Waals surface area contributed by atoms with Crippen LogP contribution in [0.15, 0.2) is 0 Å². The van der Waals surface area contributed by atoms with Crippen LogP contribution in [0.4, 0.5) is 0 Å². The van der Waals surface area contributed by atoms with Crippen molar-refractivity contribution >= 4 is 5.91 Å². The van der Waals surface area contributed by atoms with Crippen LogP contribution in [0.25, 0.3) is 0 Å². The molecule has 0 aromatic carbocycles. The van der Waals surface area contributed by atoms with E-state index in [0.29, 0.717) is 5.41 Å². The maximum atomic E-state index is 11.8. The zero-order valence-corrected chi connectivity index (χ0v) is 9.31. The molecule has 80 valence electrons. The molecule has 3 nitrogen and oxygen atoms in total. The molecule has 2 atom stereocenters. The fourth-order valence-corrected chi connectivity index (χ4v) is 2.41. The van der Waals surface area contributed by atoms with Crippen LogP contribution >= 0.6 is 0 Å². The van der Waals surface area contributed by atoms with Gasteiger partial charge in [-0.05, 0) is 45.6 Å². The molecule has 1 heterocycles. The van der Waals surface area contributed by atoms with Crippen molar-refractivity contribution in [3.8, 4) is 0 Å². The van der Waals surface area contributed by atoms with Crippen molar-refractivity contribution in [1.29, 1.82) is 0 Å². The predicted octanol–water partition coefficient (Wildman–Crippen LogP) is 0.901. The lowest BCUT2D eigenvalue weighted by molar-refractivity contribution is -0.124. The topological polar surface area (TPSA) is 41.1 Å². The summed E-state index contributed by atoms with van der Waals surface area (Å²) < 4.78 is 0. The molecular formula is C11H20N2O. The van der Waals surface area contributed by atoms with Crippen LogP contribution in [0.1, 0.15) is 33.6 Å². The van der Waals surface area contributed by atoms with Gasteiger partial charge >= 0.3 is 0 Å². The summed E-state index contributed by atoms with van der Waals surface area (Å²) in [6.07, 6.45) is 2.26. The van der Waals surface area contributed by atoms with Gasteiger partial charge in [0, 0.05) is 18.0 Å². The molecule has 1 aliphatic carbocycles. The van der Waals surface area contributed by atoms with Gasteiger partial charge in [0.05, 0.1) is 0 Å². The van der Waals surface area contributed by atoms with Crippen molar-refractivity contribution in [2.75, 3.05) is 13.1 Å². The number of hydrogen-bond donors (Lipinski definition) is 2. The van der Waals surface area contributed by atoms with E-state index < -0.39 is 0 Å². The minimum absolute atomic E-state index is 0.0904. The Kier molecular flexibility index (Phi) is 2.11. The Bertz CT molecular complexity index is 249. The number of amides is 1. The van der Waals surface area contributed by atoms with Gasteiger partial charge in [0.15, 0.2) is 0 Å². The maximum absolute atomic E-state index is 11.8. The van der Waals surface area contributed by atoms with Crippen LogP contribution in [0.2, 0.25) is 0 Å². The van der Waals surface area contributed by atoms with Crippen molar-refractivity contribution in [1.82, 2.24) is 10.6 Å². The Balaban J connectivity index is 1.90. The summed E-state index contributed by atoms with van der Waals surface area (Å²) in [7, 11) is 0. The molecule has 0 radical (unpaired) electrons. The highest BCUT2D eigenvalue weighted by molar-refractivity contribution is 5.83. The molecule has 2 rings (SSSR count). The van der Waals surface area contributed by atoms with Gasteiger partial charge in [0.2, 0.25) is 5.91 Å². The first-order valence-corrected chi connectivity index (χ1v) is 5.46. The van der Waals surface area contributed by atoms with E-state index in [-0.39, 0.29) is 17.4 Å². The van der Waals surface area contributed by atoms with E-state index in [4.69, 9.17) is 0 Å². The number of carbonyl (C=O) groups excluding carboxylic acids is 1. The van der Waals surface area contributed by atoms with Crippen LogP contribution in [0.5, 0.6) is 0 Å². The third-order valence-electron chi connectivity index (χ3n) is 3.28. The van der Waals surface area contributed by atoms with E-state index in [1.807, 2.05) is 20.8 Å².